The topological polar surface area (TPSA) is 0 Å². The smallest absolute Gasteiger partial charge is 0.0358 e. The van der Waals surface area contributed by atoms with E-state index in [0.717, 1.165) is 35.5 Å². The van der Waals surface area contributed by atoms with Gasteiger partial charge in [0.05, 0.1) is 0 Å². The van der Waals surface area contributed by atoms with Crippen molar-refractivity contribution >= 4 is 0 Å². The molecule has 0 aromatic carbocycles. The largest absolute Gasteiger partial charge is 0.0625 e. The first-order chi connectivity index (χ1) is 7.43. The van der Waals surface area contributed by atoms with Crippen molar-refractivity contribution < 1.29 is 0 Å². The van der Waals surface area contributed by atoms with E-state index in [9.17, 15) is 0 Å². The Bertz CT molecular complexity index is 190. The van der Waals surface area contributed by atoms with Crippen LogP contribution in [0.5, 0.6) is 0 Å². The Morgan fingerprint density at radius 2 is 1.25 bits per heavy atom. The summed E-state index contributed by atoms with van der Waals surface area (Å²) in [7, 11) is 0. The van der Waals surface area contributed by atoms with E-state index in [1.54, 1.807) is 0 Å². The van der Waals surface area contributed by atoms with E-state index in [2.05, 4.69) is 41.5 Å². The molecule has 1 saturated carbocycles. The van der Waals surface area contributed by atoms with Crippen molar-refractivity contribution in [1.29, 1.82) is 0 Å². The molecular formula is C16H32. The summed E-state index contributed by atoms with van der Waals surface area (Å²) < 4.78 is 0. The average Bonchev–Trinajstić information content (AvgIpc) is 2.38. The molecule has 1 fully saturated rings. The molecule has 3 unspecified atom stereocenters. The van der Waals surface area contributed by atoms with Crippen LogP contribution in [0, 0.1) is 35.5 Å². The lowest BCUT2D eigenvalue weighted by molar-refractivity contribution is 0.161. The van der Waals surface area contributed by atoms with Crippen LogP contribution >= 0.6 is 0 Å². The van der Waals surface area contributed by atoms with Crippen molar-refractivity contribution in [2.45, 2.75) is 67.2 Å². The van der Waals surface area contributed by atoms with Crippen LogP contribution < -0.4 is 0 Å². The van der Waals surface area contributed by atoms with Gasteiger partial charge in [0.25, 0.3) is 0 Å². The Morgan fingerprint density at radius 3 is 1.69 bits per heavy atom. The van der Waals surface area contributed by atoms with Crippen LogP contribution in [-0.2, 0) is 0 Å². The lowest BCUT2D eigenvalue weighted by Gasteiger charge is -2.33. The molecule has 0 aliphatic heterocycles. The highest BCUT2D eigenvalue weighted by Crippen LogP contribution is 2.42. The van der Waals surface area contributed by atoms with Crippen LogP contribution in [0.2, 0.25) is 0 Å². The Hall–Kier alpha value is 0. The van der Waals surface area contributed by atoms with Crippen LogP contribution in [0.25, 0.3) is 0 Å². The molecule has 0 amide bonds. The van der Waals surface area contributed by atoms with E-state index < -0.39 is 0 Å². The maximum atomic E-state index is 2.43. The van der Waals surface area contributed by atoms with E-state index in [1.807, 2.05) is 0 Å². The van der Waals surface area contributed by atoms with Gasteiger partial charge < -0.3 is 0 Å². The zero-order valence-electron chi connectivity index (χ0n) is 12.3. The summed E-state index contributed by atoms with van der Waals surface area (Å²) in [6, 6.07) is 0. The molecule has 0 spiro atoms. The van der Waals surface area contributed by atoms with Gasteiger partial charge in [-0.05, 0) is 48.3 Å². The average molecular weight is 224 g/mol. The minimum Gasteiger partial charge on any atom is -0.0625 e. The van der Waals surface area contributed by atoms with Crippen molar-refractivity contribution in [3.8, 4) is 0 Å². The summed E-state index contributed by atoms with van der Waals surface area (Å²) in [5, 5.41) is 0. The molecule has 0 nitrogen and oxygen atoms in total. The van der Waals surface area contributed by atoms with Gasteiger partial charge in [0.1, 0.15) is 0 Å². The van der Waals surface area contributed by atoms with Gasteiger partial charge in [0, 0.05) is 0 Å². The molecule has 0 heterocycles. The summed E-state index contributed by atoms with van der Waals surface area (Å²) in [6.07, 6.45) is 5.90. The molecule has 1 aliphatic rings. The standard InChI is InChI=1S/C16H32/c1-11(2)14-8-7-9-15(12(3)4)16(10-14)13(5)6/h11-16H,7-10H2,1-6H3. The van der Waals surface area contributed by atoms with Crippen LogP contribution in [0.1, 0.15) is 67.2 Å². The maximum Gasteiger partial charge on any atom is -0.0358 e. The number of hydrogen-bond acceptors (Lipinski definition) is 0. The Kier molecular flexibility index (Phi) is 5.34. The van der Waals surface area contributed by atoms with Crippen molar-refractivity contribution in [2.24, 2.45) is 35.5 Å². The summed E-state index contributed by atoms with van der Waals surface area (Å²) in [6.45, 7) is 14.5. The molecule has 0 saturated heterocycles. The fraction of sp³-hybridized carbons (Fsp3) is 1.00. The second-order valence-electron chi connectivity index (χ2n) is 6.99. The number of rotatable bonds is 3. The molecule has 0 radical (unpaired) electrons. The SMILES string of the molecule is CC(C)C1CCCC(C(C)C)C(C(C)C)C1. The third-order valence-electron chi connectivity index (χ3n) is 4.89. The summed E-state index contributed by atoms with van der Waals surface area (Å²) in [5.41, 5.74) is 0. The Morgan fingerprint density at radius 1 is 0.688 bits per heavy atom. The normalized spacial score (nSPS) is 32.4. The van der Waals surface area contributed by atoms with Gasteiger partial charge in [-0.25, -0.2) is 0 Å². The second-order valence-corrected chi connectivity index (χ2v) is 6.99. The van der Waals surface area contributed by atoms with Gasteiger partial charge in [0.15, 0.2) is 0 Å². The van der Waals surface area contributed by atoms with Gasteiger partial charge in [-0.2, -0.15) is 0 Å². The molecule has 96 valence electrons. The Balaban J connectivity index is 2.75. The first kappa shape index (κ1) is 14.1. The first-order valence-corrected chi connectivity index (χ1v) is 7.43. The van der Waals surface area contributed by atoms with Crippen molar-refractivity contribution in [2.75, 3.05) is 0 Å². The van der Waals surface area contributed by atoms with Gasteiger partial charge in [-0.15, -0.1) is 0 Å². The molecule has 0 heteroatoms. The van der Waals surface area contributed by atoms with Gasteiger partial charge in [0.2, 0.25) is 0 Å². The fourth-order valence-corrected chi connectivity index (χ4v) is 3.67. The highest BCUT2D eigenvalue weighted by molar-refractivity contribution is 4.82. The number of hydrogen-bond donors (Lipinski definition) is 0. The molecule has 0 N–H and O–H groups in total. The lowest BCUT2D eigenvalue weighted by Crippen LogP contribution is -2.25. The molecule has 0 bridgehead atoms. The zero-order chi connectivity index (χ0) is 12.3. The summed E-state index contributed by atoms with van der Waals surface area (Å²) >= 11 is 0. The molecule has 1 rings (SSSR count). The summed E-state index contributed by atoms with van der Waals surface area (Å²) in [4.78, 5) is 0. The van der Waals surface area contributed by atoms with Crippen LogP contribution in [0.3, 0.4) is 0 Å². The van der Waals surface area contributed by atoms with E-state index in [-0.39, 0.29) is 0 Å². The van der Waals surface area contributed by atoms with E-state index in [1.165, 1.54) is 25.7 Å². The third-order valence-corrected chi connectivity index (χ3v) is 4.89. The zero-order valence-corrected chi connectivity index (χ0v) is 12.3. The van der Waals surface area contributed by atoms with E-state index in [4.69, 9.17) is 0 Å². The van der Waals surface area contributed by atoms with Crippen molar-refractivity contribution in [3.05, 3.63) is 0 Å². The Labute approximate surface area is 103 Å². The van der Waals surface area contributed by atoms with Crippen molar-refractivity contribution in [3.63, 3.8) is 0 Å². The molecule has 0 aromatic heterocycles. The summed E-state index contributed by atoms with van der Waals surface area (Å²) in [5.74, 6) is 5.55. The molecule has 1 aliphatic carbocycles. The van der Waals surface area contributed by atoms with Crippen LogP contribution in [0.4, 0.5) is 0 Å². The highest BCUT2D eigenvalue weighted by atomic mass is 14.4. The van der Waals surface area contributed by atoms with E-state index >= 15 is 0 Å². The fourth-order valence-electron chi connectivity index (χ4n) is 3.67. The molecule has 16 heavy (non-hydrogen) atoms. The predicted octanol–water partition coefficient (Wildman–Crippen LogP) is 5.38. The minimum atomic E-state index is 0.867. The maximum absolute atomic E-state index is 2.43. The third kappa shape index (κ3) is 3.50. The molecule has 3 atom stereocenters. The monoisotopic (exact) mass is 224 g/mol. The molecule has 0 aromatic rings. The van der Waals surface area contributed by atoms with Crippen molar-refractivity contribution in [1.82, 2.24) is 0 Å². The molecular weight excluding hydrogens is 192 g/mol. The van der Waals surface area contributed by atoms with Gasteiger partial charge in [-0.1, -0.05) is 54.4 Å². The van der Waals surface area contributed by atoms with Crippen LogP contribution in [-0.4, -0.2) is 0 Å². The predicted molar refractivity (Wildman–Crippen MR) is 73.5 cm³/mol. The first-order valence-electron chi connectivity index (χ1n) is 7.43. The second kappa shape index (κ2) is 6.07. The lowest BCUT2D eigenvalue weighted by atomic mass is 9.72. The van der Waals surface area contributed by atoms with Gasteiger partial charge >= 0.3 is 0 Å². The van der Waals surface area contributed by atoms with Crippen LogP contribution in [0.15, 0.2) is 0 Å². The minimum absolute atomic E-state index is 0.867. The van der Waals surface area contributed by atoms with Gasteiger partial charge in [-0.3, -0.25) is 0 Å². The quantitative estimate of drug-likeness (QED) is 0.565. The van der Waals surface area contributed by atoms with E-state index in [0.29, 0.717) is 0 Å². The highest BCUT2D eigenvalue weighted by Gasteiger charge is 2.32.